The molecule has 5 nitrogen and oxygen atoms in total. The van der Waals surface area contributed by atoms with E-state index in [-0.39, 0.29) is 5.97 Å². The zero-order chi connectivity index (χ0) is 14.1. The Morgan fingerprint density at radius 2 is 2.35 bits per heavy atom. The van der Waals surface area contributed by atoms with E-state index in [2.05, 4.69) is 16.8 Å². The van der Waals surface area contributed by atoms with Crippen LogP contribution in [0.25, 0.3) is 5.65 Å². The average molecular weight is 273 g/mol. The molecular formula is C15H19N3O2. The van der Waals surface area contributed by atoms with Gasteiger partial charge in [-0.3, -0.25) is 9.30 Å². The molecule has 0 spiro atoms. The number of pyridine rings is 1. The number of carbonyl (C=O) groups excluding carboxylic acids is 1. The van der Waals surface area contributed by atoms with E-state index >= 15 is 0 Å². The lowest BCUT2D eigenvalue weighted by Crippen LogP contribution is -2.22. The van der Waals surface area contributed by atoms with Gasteiger partial charge >= 0.3 is 5.97 Å². The highest BCUT2D eigenvalue weighted by Gasteiger charge is 2.27. The molecule has 1 saturated heterocycles. The minimum absolute atomic E-state index is 0.335. The van der Waals surface area contributed by atoms with E-state index in [1.54, 1.807) is 6.07 Å². The molecule has 0 aliphatic carbocycles. The summed E-state index contributed by atoms with van der Waals surface area (Å²) < 4.78 is 6.65. The van der Waals surface area contributed by atoms with Crippen molar-refractivity contribution in [2.45, 2.75) is 25.8 Å². The number of likely N-dealkylation sites (tertiary alicyclic amines) is 1. The average Bonchev–Trinajstić information content (AvgIpc) is 3.10. The van der Waals surface area contributed by atoms with Crippen molar-refractivity contribution in [2.75, 3.05) is 20.2 Å². The van der Waals surface area contributed by atoms with Crippen molar-refractivity contribution in [3.05, 3.63) is 35.8 Å². The second-order valence-electron chi connectivity index (χ2n) is 5.08. The van der Waals surface area contributed by atoms with Crippen molar-refractivity contribution in [1.82, 2.24) is 14.3 Å². The van der Waals surface area contributed by atoms with E-state index in [0.717, 1.165) is 30.9 Å². The van der Waals surface area contributed by atoms with Gasteiger partial charge in [-0.2, -0.15) is 0 Å². The summed E-state index contributed by atoms with van der Waals surface area (Å²) in [5.74, 6) is -0.335. The molecule has 0 amide bonds. The van der Waals surface area contributed by atoms with Crippen molar-refractivity contribution < 1.29 is 9.53 Å². The van der Waals surface area contributed by atoms with E-state index in [1.165, 1.54) is 13.5 Å². The number of hydrogen-bond donors (Lipinski definition) is 0. The van der Waals surface area contributed by atoms with Crippen molar-refractivity contribution in [2.24, 2.45) is 0 Å². The maximum absolute atomic E-state index is 11.8. The fourth-order valence-corrected chi connectivity index (χ4v) is 3.00. The van der Waals surface area contributed by atoms with Crippen LogP contribution in [-0.2, 0) is 4.74 Å². The normalized spacial score (nSPS) is 19.6. The largest absolute Gasteiger partial charge is 0.464 e. The molecule has 106 valence electrons. The van der Waals surface area contributed by atoms with Crippen LogP contribution < -0.4 is 0 Å². The number of rotatable bonds is 3. The lowest BCUT2D eigenvalue weighted by atomic mass is 10.1. The van der Waals surface area contributed by atoms with Crippen LogP contribution in [-0.4, -0.2) is 40.5 Å². The number of ether oxygens (including phenoxy) is 1. The number of esters is 1. The molecule has 0 radical (unpaired) electrons. The molecule has 20 heavy (non-hydrogen) atoms. The van der Waals surface area contributed by atoms with Crippen molar-refractivity contribution in [3.63, 3.8) is 0 Å². The Morgan fingerprint density at radius 1 is 1.50 bits per heavy atom. The van der Waals surface area contributed by atoms with E-state index in [9.17, 15) is 4.79 Å². The molecule has 2 aromatic rings. The highest BCUT2D eigenvalue weighted by molar-refractivity contribution is 5.88. The molecule has 0 aromatic carbocycles. The topological polar surface area (TPSA) is 46.8 Å². The SMILES string of the molecule is CCN1CCCC1c1cn2c(C(=O)OC)cccc2n1. The number of imidazole rings is 1. The van der Waals surface area contributed by atoms with Crippen LogP contribution in [0.1, 0.15) is 42.0 Å². The summed E-state index contributed by atoms with van der Waals surface area (Å²) in [7, 11) is 1.40. The third kappa shape index (κ3) is 2.08. The van der Waals surface area contributed by atoms with Crippen LogP contribution in [0.15, 0.2) is 24.4 Å². The molecule has 1 unspecified atom stereocenters. The standard InChI is InChI=1S/C15H19N3O2/c1-3-17-9-5-7-12(17)11-10-18-13(15(19)20-2)6-4-8-14(18)16-11/h4,6,8,10,12H,3,5,7,9H2,1-2H3. The second kappa shape index (κ2) is 5.25. The molecule has 5 heteroatoms. The minimum Gasteiger partial charge on any atom is -0.464 e. The first-order chi connectivity index (χ1) is 9.74. The fraction of sp³-hybridized carbons (Fsp3) is 0.467. The van der Waals surface area contributed by atoms with Gasteiger partial charge in [0.15, 0.2) is 0 Å². The van der Waals surface area contributed by atoms with Gasteiger partial charge in [0.1, 0.15) is 11.3 Å². The highest BCUT2D eigenvalue weighted by atomic mass is 16.5. The number of aromatic nitrogens is 2. The zero-order valence-corrected chi connectivity index (χ0v) is 11.9. The van der Waals surface area contributed by atoms with Gasteiger partial charge in [-0.1, -0.05) is 13.0 Å². The third-order valence-corrected chi connectivity index (χ3v) is 4.02. The molecule has 0 bridgehead atoms. The Bertz CT molecular complexity index is 635. The summed E-state index contributed by atoms with van der Waals surface area (Å²) in [5, 5.41) is 0. The first kappa shape index (κ1) is 13.1. The van der Waals surface area contributed by atoms with Gasteiger partial charge in [-0.25, -0.2) is 9.78 Å². The molecule has 1 aliphatic rings. The number of hydrogen-bond acceptors (Lipinski definition) is 4. The van der Waals surface area contributed by atoms with E-state index in [1.807, 2.05) is 22.7 Å². The van der Waals surface area contributed by atoms with Crippen LogP contribution in [0.5, 0.6) is 0 Å². The Morgan fingerprint density at radius 3 is 3.10 bits per heavy atom. The molecule has 1 atom stereocenters. The molecule has 3 heterocycles. The second-order valence-corrected chi connectivity index (χ2v) is 5.08. The van der Waals surface area contributed by atoms with E-state index in [4.69, 9.17) is 4.74 Å². The summed E-state index contributed by atoms with van der Waals surface area (Å²) in [6, 6.07) is 5.88. The molecule has 1 aliphatic heterocycles. The highest BCUT2D eigenvalue weighted by Crippen LogP contribution is 2.31. The molecule has 0 saturated carbocycles. The quantitative estimate of drug-likeness (QED) is 0.805. The Labute approximate surface area is 118 Å². The fourth-order valence-electron chi connectivity index (χ4n) is 3.00. The third-order valence-electron chi connectivity index (χ3n) is 4.02. The van der Waals surface area contributed by atoms with Gasteiger partial charge in [-0.05, 0) is 38.1 Å². The number of methoxy groups -OCH3 is 1. The maximum atomic E-state index is 11.8. The lowest BCUT2D eigenvalue weighted by Gasteiger charge is -2.20. The van der Waals surface area contributed by atoms with Gasteiger partial charge in [0.2, 0.25) is 0 Å². The van der Waals surface area contributed by atoms with Crippen LogP contribution in [0, 0.1) is 0 Å². The van der Waals surface area contributed by atoms with Crippen LogP contribution in [0.4, 0.5) is 0 Å². The number of nitrogens with zero attached hydrogens (tertiary/aromatic N) is 3. The number of fused-ring (bicyclic) bond motifs is 1. The van der Waals surface area contributed by atoms with Gasteiger partial charge in [0.25, 0.3) is 0 Å². The van der Waals surface area contributed by atoms with Crippen molar-refractivity contribution in [3.8, 4) is 0 Å². The zero-order valence-electron chi connectivity index (χ0n) is 11.9. The van der Waals surface area contributed by atoms with Crippen molar-refractivity contribution in [1.29, 1.82) is 0 Å². The molecule has 0 N–H and O–H groups in total. The Kier molecular flexibility index (Phi) is 3.44. The maximum Gasteiger partial charge on any atom is 0.355 e. The first-order valence-corrected chi connectivity index (χ1v) is 7.05. The van der Waals surface area contributed by atoms with Gasteiger partial charge in [-0.15, -0.1) is 0 Å². The van der Waals surface area contributed by atoms with Crippen LogP contribution in [0.3, 0.4) is 0 Å². The Balaban J connectivity index is 2.04. The van der Waals surface area contributed by atoms with E-state index < -0.39 is 0 Å². The van der Waals surface area contributed by atoms with E-state index in [0.29, 0.717) is 11.7 Å². The van der Waals surface area contributed by atoms with Gasteiger partial charge in [0.05, 0.1) is 18.8 Å². The molecule has 2 aromatic heterocycles. The monoisotopic (exact) mass is 273 g/mol. The summed E-state index contributed by atoms with van der Waals surface area (Å²) in [6.45, 7) is 4.33. The smallest absolute Gasteiger partial charge is 0.355 e. The van der Waals surface area contributed by atoms with Crippen LogP contribution >= 0.6 is 0 Å². The summed E-state index contributed by atoms with van der Waals surface area (Å²) in [6.07, 6.45) is 4.31. The number of carbonyl (C=O) groups is 1. The van der Waals surface area contributed by atoms with Gasteiger partial charge < -0.3 is 4.74 Å². The van der Waals surface area contributed by atoms with Gasteiger partial charge in [0, 0.05) is 6.20 Å². The summed E-state index contributed by atoms with van der Waals surface area (Å²) in [5.41, 5.74) is 2.36. The Hall–Kier alpha value is -1.88. The first-order valence-electron chi connectivity index (χ1n) is 7.05. The molecule has 3 rings (SSSR count). The predicted octanol–water partition coefficient (Wildman–Crippen LogP) is 2.28. The summed E-state index contributed by atoms with van der Waals surface area (Å²) >= 11 is 0. The molecular weight excluding hydrogens is 254 g/mol. The van der Waals surface area contributed by atoms with Crippen molar-refractivity contribution >= 4 is 11.6 Å². The minimum atomic E-state index is -0.335. The van der Waals surface area contributed by atoms with Crippen LogP contribution in [0.2, 0.25) is 0 Å². The molecule has 1 fully saturated rings. The lowest BCUT2D eigenvalue weighted by molar-refractivity contribution is 0.0592. The summed E-state index contributed by atoms with van der Waals surface area (Å²) in [4.78, 5) is 18.9. The predicted molar refractivity (Wildman–Crippen MR) is 75.8 cm³/mol.